The van der Waals surface area contributed by atoms with Gasteiger partial charge in [-0.1, -0.05) is 24.3 Å². The molecule has 0 saturated carbocycles. The highest BCUT2D eigenvalue weighted by atomic mass is 16.6. The number of hydrogen-bond donors (Lipinski definition) is 2. The highest BCUT2D eigenvalue weighted by Gasteiger charge is 2.23. The lowest BCUT2D eigenvalue weighted by atomic mass is 10.1. The number of anilines is 2. The second-order valence-electron chi connectivity index (χ2n) is 7.14. The van der Waals surface area contributed by atoms with E-state index in [0.717, 1.165) is 24.2 Å². The van der Waals surface area contributed by atoms with Gasteiger partial charge in [0.25, 0.3) is 0 Å². The molecule has 0 aromatic heterocycles. The van der Waals surface area contributed by atoms with Crippen molar-refractivity contribution in [2.75, 3.05) is 10.6 Å². The minimum absolute atomic E-state index is 0.318. The molecule has 2 aromatic carbocycles. The molecule has 4 nitrogen and oxygen atoms in total. The van der Waals surface area contributed by atoms with E-state index in [1.807, 2.05) is 51.1 Å². The van der Waals surface area contributed by atoms with Crippen LogP contribution in [-0.2, 0) is 11.2 Å². The lowest BCUT2D eigenvalue weighted by molar-refractivity contribution is 0.0636. The molecule has 0 fully saturated rings. The first kappa shape index (κ1) is 16.4. The molecule has 0 aliphatic heterocycles. The molecule has 1 aliphatic rings. The Labute approximate surface area is 143 Å². The van der Waals surface area contributed by atoms with Gasteiger partial charge in [0.15, 0.2) is 0 Å². The van der Waals surface area contributed by atoms with Crippen LogP contribution in [0.2, 0.25) is 0 Å². The monoisotopic (exact) mass is 324 g/mol. The summed E-state index contributed by atoms with van der Waals surface area (Å²) in [6.07, 6.45) is 1.64. The van der Waals surface area contributed by atoms with Gasteiger partial charge in [0, 0.05) is 11.4 Å². The molecule has 126 valence electrons. The maximum atomic E-state index is 11.9. The number of para-hydroxylation sites is 1. The Morgan fingerprint density at radius 3 is 2.54 bits per heavy atom. The van der Waals surface area contributed by atoms with E-state index < -0.39 is 11.7 Å². The molecule has 1 atom stereocenters. The lowest BCUT2D eigenvalue weighted by Gasteiger charge is -2.20. The molecule has 0 bridgehead atoms. The smallest absolute Gasteiger partial charge is 0.412 e. The highest BCUT2D eigenvalue weighted by molar-refractivity contribution is 5.85. The molecular formula is C20H24N2O2. The predicted molar refractivity (Wildman–Crippen MR) is 97.4 cm³/mol. The summed E-state index contributed by atoms with van der Waals surface area (Å²) in [5.74, 6) is 0. The van der Waals surface area contributed by atoms with Crippen molar-refractivity contribution < 1.29 is 9.53 Å². The van der Waals surface area contributed by atoms with Crippen LogP contribution in [0.4, 0.5) is 16.2 Å². The molecule has 3 rings (SSSR count). The summed E-state index contributed by atoms with van der Waals surface area (Å²) >= 11 is 0. The van der Waals surface area contributed by atoms with Gasteiger partial charge in [0.1, 0.15) is 5.60 Å². The highest BCUT2D eigenvalue weighted by Crippen LogP contribution is 2.35. The lowest BCUT2D eigenvalue weighted by Crippen LogP contribution is -2.27. The second-order valence-corrected chi connectivity index (χ2v) is 7.14. The Hall–Kier alpha value is -2.49. The van der Waals surface area contributed by atoms with Crippen LogP contribution in [0.15, 0.2) is 48.5 Å². The van der Waals surface area contributed by atoms with Gasteiger partial charge in [-0.25, -0.2) is 4.79 Å². The first-order chi connectivity index (χ1) is 11.4. The number of rotatable bonds is 3. The van der Waals surface area contributed by atoms with Crippen LogP contribution in [-0.4, -0.2) is 11.7 Å². The number of hydrogen-bond acceptors (Lipinski definition) is 3. The summed E-state index contributed by atoms with van der Waals surface area (Å²) in [6, 6.07) is 16.6. The molecule has 2 aromatic rings. The molecule has 2 N–H and O–H groups in total. The normalized spacial score (nSPS) is 16.4. The number of carbonyl (C=O) groups is 1. The Morgan fingerprint density at radius 2 is 1.83 bits per heavy atom. The minimum Gasteiger partial charge on any atom is -0.444 e. The Kier molecular flexibility index (Phi) is 4.47. The zero-order valence-electron chi connectivity index (χ0n) is 14.4. The first-order valence-electron chi connectivity index (χ1n) is 8.35. The van der Waals surface area contributed by atoms with Gasteiger partial charge in [-0.15, -0.1) is 0 Å². The number of aryl methyl sites for hydroxylation is 1. The fourth-order valence-corrected chi connectivity index (χ4v) is 3.00. The van der Waals surface area contributed by atoms with E-state index in [1.54, 1.807) is 0 Å². The summed E-state index contributed by atoms with van der Waals surface area (Å²) in [6.45, 7) is 5.57. The van der Waals surface area contributed by atoms with Crippen LogP contribution in [0.5, 0.6) is 0 Å². The molecule has 0 heterocycles. The Morgan fingerprint density at radius 1 is 1.08 bits per heavy atom. The molecule has 0 saturated heterocycles. The van der Waals surface area contributed by atoms with Crippen LogP contribution in [0, 0.1) is 0 Å². The fraction of sp³-hybridized carbons (Fsp3) is 0.350. The summed E-state index contributed by atoms with van der Waals surface area (Å²) in [5.41, 5.74) is 3.99. The van der Waals surface area contributed by atoms with Crippen molar-refractivity contribution >= 4 is 17.5 Å². The van der Waals surface area contributed by atoms with Crippen LogP contribution in [0.1, 0.15) is 44.4 Å². The predicted octanol–water partition coefficient (Wildman–Crippen LogP) is 5.13. The van der Waals surface area contributed by atoms with Crippen LogP contribution in [0.25, 0.3) is 0 Å². The number of fused-ring (bicyclic) bond motifs is 1. The largest absolute Gasteiger partial charge is 0.444 e. The maximum Gasteiger partial charge on any atom is 0.412 e. The number of carbonyl (C=O) groups excluding carboxylic acids is 1. The summed E-state index contributed by atoms with van der Waals surface area (Å²) in [7, 11) is 0. The van der Waals surface area contributed by atoms with Crippen LogP contribution < -0.4 is 10.6 Å². The van der Waals surface area contributed by atoms with Crippen molar-refractivity contribution in [3.8, 4) is 0 Å². The van der Waals surface area contributed by atoms with E-state index in [-0.39, 0.29) is 0 Å². The quantitative estimate of drug-likeness (QED) is 0.822. The maximum absolute atomic E-state index is 11.9. The summed E-state index contributed by atoms with van der Waals surface area (Å²) < 4.78 is 5.30. The fourth-order valence-electron chi connectivity index (χ4n) is 3.00. The molecular weight excluding hydrogens is 300 g/mol. The summed E-state index contributed by atoms with van der Waals surface area (Å²) in [5, 5.41) is 6.39. The first-order valence-corrected chi connectivity index (χ1v) is 8.35. The van der Waals surface area contributed by atoms with Crippen molar-refractivity contribution in [1.82, 2.24) is 0 Å². The number of benzene rings is 2. The topological polar surface area (TPSA) is 50.4 Å². The average molecular weight is 324 g/mol. The van der Waals surface area contributed by atoms with Gasteiger partial charge in [-0.2, -0.15) is 0 Å². The van der Waals surface area contributed by atoms with Gasteiger partial charge < -0.3 is 10.1 Å². The second kappa shape index (κ2) is 6.56. The molecule has 1 unspecified atom stereocenters. The SMILES string of the molecule is CC(C)(C)OC(=O)Nc1ccc2c(c1)CCC2Nc1ccccc1. The van der Waals surface area contributed by atoms with Gasteiger partial charge in [0.2, 0.25) is 0 Å². The number of amides is 1. The Balaban J connectivity index is 1.68. The van der Waals surface area contributed by atoms with Crippen LogP contribution in [0.3, 0.4) is 0 Å². The van der Waals surface area contributed by atoms with Crippen molar-refractivity contribution in [1.29, 1.82) is 0 Å². The Bertz CT molecular complexity index is 720. The van der Waals surface area contributed by atoms with Crippen molar-refractivity contribution in [3.05, 3.63) is 59.7 Å². The van der Waals surface area contributed by atoms with E-state index in [9.17, 15) is 4.79 Å². The van der Waals surface area contributed by atoms with Gasteiger partial charge >= 0.3 is 6.09 Å². The van der Waals surface area contributed by atoms with Gasteiger partial charge in [-0.3, -0.25) is 5.32 Å². The molecule has 0 radical (unpaired) electrons. The standard InChI is InChI=1S/C20H24N2O2/c1-20(2,3)24-19(23)22-16-10-11-17-14(13-16)9-12-18(17)21-15-7-5-4-6-8-15/h4-8,10-11,13,18,21H,9,12H2,1-3H3,(H,22,23). The van der Waals surface area contributed by atoms with E-state index in [4.69, 9.17) is 4.74 Å². The van der Waals surface area contributed by atoms with E-state index in [0.29, 0.717) is 6.04 Å². The third kappa shape index (κ3) is 4.07. The van der Waals surface area contributed by atoms with Crippen LogP contribution >= 0.6 is 0 Å². The van der Waals surface area contributed by atoms with Gasteiger partial charge in [-0.05, 0) is 69.0 Å². The third-order valence-electron chi connectivity index (χ3n) is 3.98. The molecule has 1 amide bonds. The third-order valence-corrected chi connectivity index (χ3v) is 3.98. The van der Waals surface area contributed by atoms with E-state index in [1.165, 1.54) is 11.1 Å². The minimum atomic E-state index is -0.495. The zero-order valence-corrected chi connectivity index (χ0v) is 14.4. The number of ether oxygens (including phenoxy) is 1. The zero-order chi connectivity index (χ0) is 17.2. The average Bonchev–Trinajstić information content (AvgIpc) is 2.89. The summed E-state index contributed by atoms with van der Waals surface area (Å²) in [4.78, 5) is 11.9. The van der Waals surface area contributed by atoms with Crippen molar-refractivity contribution in [2.24, 2.45) is 0 Å². The van der Waals surface area contributed by atoms with Crippen molar-refractivity contribution in [3.63, 3.8) is 0 Å². The molecule has 24 heavy (non-hydrogen) atoms. The number of nitrogens with one attached hydrogen (secondary N) is 2. The van der Waals surface area contributed by atoms with E-state index in [2.05, 4.69) is 28.8 Å². The molecule has 1 aliphatic carbocycles. The van der Waals surface area contributed by atoms with Gasteiger partial charge in [0.05, 0.1) is 6.04 Å². The van der Waals surface area contributed by atoms with E-state index >= 15 is 0 Å². The molecule has 0 spiro atoms. The molecule has 4 heteroatoms. The van der Waals surface area contributed by atoms with Crippen molar-refractivity contribution in [2.45, 2.75) is 45.3 Å².